The van der Waals surface area contributed by atoms with Crippen molar-refractivity contribution < 1.29 is 47.7 Å². The zero-order chi connectivity index (χ0) is 27.4. The summed E-state index contributed by atoms with van der Waals surface area (Å²) in [5.41, 5.74) is 1.25. The molecule has 0 aliphatic rings. The number of hydrogen-bond acceptors (Lipinski definition) is 10. The summed E-state index contributed by atoms with van der Waals surface area (Å²) >= 11 is 0. The van der Waals surface area contributed by atoms with Crippen LogP contribution in [0.4, 0.5) is 0 Å². The highest BCUT2D eigenvalue weighted by Gasteiger charge is 2.18. The smallest absolute Gasteiger partial charge is 0.341 e. The molecule has 0 heterocycles. The molecule has 0 spiro atoms. The highest BCUT2D eigenvalue weighted by molar-refractivity contribution is 5.96. The molecule has 0 bridgehead atoms. The molecule has 198 valence electrons. The standard InChI is InChI=1S/C26H29NO10/c1-16-7-9-19(25(31)34-3)21(12-16)36-14-18(28)6-5-11-27-23(29)15-37-22-13-17(24(30)33-2)8-10-20(22)26(32)35-4/h7-10,12-13H,5-6,11,14-15H2,1-4H3,(H,27,29). The van der Waals surface area contributed by atoms with E-state index in [9.17, 15) is 24.0 Å². The van der Waals surface area contributed by atoms with Crippen LogP contribution < -0.4 is 14.8 Å². The second-order valence-corrected chi connectivity index (χ2v) is 7.75. The number of carbonyl (C=O) groups excluding carboxylic acids is 5. The van der Waals surface area contributed by atoms with Gasteiger partial charge in [0.05, 0.1) is 26.9 Å². The Balaban J connectivity index is 1.81. The van der Waals surface area contributed by atoms with Crippen LogP contribution in [0.2, 0.25) is 0 Å². The van der Waals surface area contributed by atoms with Gasteiger partial charge in [-0.1, -0.05) is 6.07 Å². The van der Waals surface area contributed by atoms with Crippen molar-refractivity contribution >= 4 is 29.6 Å². The summed E-state index contributed by atoms with van der Waals surface area (Å²) in [4.78, 5) is 59.9. The number of aryl methyl sites for hydroxylation is 1. The van der Waals surface area contributed by atoms with Gasteiger partial charge < -0.3 is 29.0 Å². The van der Waals surface area contributed by atoms with Crippen LogP contribution in [0, 0.1) is 6.92 Å². The lowest BCUT2D eigenvalue weighted by Gasteiger charge is -2.12. The number of hydrogen-bond donors (Lipinski definition) is 1. The lowest BCUT2D eigenvalue weighted by atomic mass is 10.1. The highest BCUT2D eigenvalue weighted by Crippen LogP contribution is 2.23. The normalized spacial score (nSPS) is 10.2. The Kier molecular flexibility index (Phi) is 11.1. The lowest BCUT2D eigenvalue weighted by Crippen LogP contribution is -2.30. The first kappa shape index (κ1) is 28.8. The fraction of sp³-hybridized carbons (Fsp3) is 0.346. The summed E-state index contributed by atoms with van der Waals surface area (Å²) in [5, 5.41) is 2.61. The zero-order valence-corrected chi connectivity index (χ0v) is 21.1. The van der Waals surface area contributed by atoms with E-state index >= 15 is 0 Å². The molecule has 2 rings (SSSR count). The summed E-state index contributed by atoms with van der Waals surface area (Å²) in [6.07, 6.45) is 0.477. The van der Waals surface area contributed by atoms with E-state index in [1.807, 2.05) is 6.92 Å². The Labute approximate surface area is 214 Å². The molecule has 11 nitrogen and oxygen atoms in total. The largest absolute Gasteiger partial charge is 0.485 e. The first-order chi connectivity index (χ1) is 17.7. The summed E-state index contributed by atoms with van der Waals surface area (Å²) in [5.74, 6) is -2.37. The van der Waals surface area contributed by atoms with Gasteiger partial charge >= 0.3 is 17.9 Å². The minimum atomic E-state index is -0.697. The molecule has 0 atom stereocenters. The number of methoxy groups -OCH3 is 3. The molecule has 0 radical (unpaired) electrons. The van der Waals surface area contributed by atoms with Gasteiger partial charge in [0.25, 0.3) is 5.91 Å². The molecular weight excluding hydrogens is 486 g/mol. The van der Waals surface area contributed by atoms with Crippen molar-refractivity contribution in [1.29, 1.82) is 0 Å². The van der Waals surface area contributed by atoms with Crippen LogP contribution in [0.25, 0.3) is 0 Å². The second kappa shape index (κ2) is 14.2. The predicted molar refractivity (Wildman–Crippen MR) is 130 cm³/mol. The van der Waals surface area contributed by atoms with Gasteiger partial charge in [0, 0.05) is 13.0 Å². The number of Topliss-reactive ketones (excluding diaryl/α,β-unsaturated/α-hetero) is 1. The molecule has 0 unspecified atom stereocenters. The summed E-state index contributed by atoms with van der Waals surface area (Å²) in [7, 11) is 3.66. The third-order valence-corrected chi connectivity index (χ3v) is 5.05. The quantitative estimate of drug-likeness (QED) is 0.240. The summed E-state index contributed by atoms with van der Waals surface area (Å²) < 4.78 is 25.0. The Morgan fingerprint density at radius 1 is 0.730 bits per heavy atom. The van der Waals surface area contributed by atoms with E-state index in [4.69, 9.17) is 14.2 Å². The van der Waals surface area contributed by atoms with E-state index in [2.05, 4.69) is 14.8 Å². The maximum atomic E-state index is 12.2. The van der Waals surface area contributed by atoms with E-state index in [0.717, 1.165) is 5.56 Å². The van der Waals surface area contributed by atoms with Crippen LogP contribution in [0.3, 0.4) is 0 Å². The second-order valence-electron chi connectivity index (χ2n) is 7.75. The number of amides is 1. The predicted octanol–water partition coefficient (Wildman–Crippen LogP) is 2.28. The third kappa shape index (κ3) is 8.64. The highest BCUT2D eigenvalue weighted by atomic mass is 16.5. The van der Waals surface area contributed by atoms with E-state index in [0.29, 0.717) is 6.42 Å². The first-order valence-electron chi connectivity index (χ1n) is 11.2. The van der Waals surface area contributed by atoms with Gasteiger partial charge in [0.2, 0.25) is 0 Å². The monoisotopic (exact) mass is 515 g/mol. The third-order valence-electron chi connectivity index (χ3n) is 5.05. The summed E-state index contributed by atoms with van der Waals surface area (Å²) in [6, 6.07) is 8.94. The molecular formula is C26H29NO10. The van der Waals surface area contributed by atoms with E-state index < -0.39 is 30.4 Å². The Hall–Kier alpha value is -4.41. The fourth-order valence-electron chi connectivity index (χ4n) is 3.13. The number of esters is 3. The molecule has 0 saturated carbocycles. The topological polar surface area (TPSA) is 144 Å². The molecule has 0 saturated heterocycles. The summed E-state index contributed by atoms with van der Waals surface area (Å²) in [6.45, 7) is 1.35. The van der Waals surface area contributed by atoms with Gasteiger partial charge in [0.15, 0.2) is 12.4 Å². The first-order valence-corrected chi connectivity index (χ1v) is 11.2. The Morgan fingerprint density at radius 2 is 1.30 bits per heavy atom. The van der Waals surface area contributed by atoms with Crippen LogP contribution in [-0.2, 0) is 23.8 Å². The molecule has 0 fully saturated rings. The molecule has 37 heavy (non-hydrogen) atoms. The van der Waals surface area contributed by atoms with Gasteiger partial charge in [-0.25, -0.2) is 14.4 Å². The SMILES string of the molecule is COC(=O)c1ccc(C(=O)OC)c(OCC(=O)NCCCC(=O)COc2cc(C)ccc2C(=O)OC)c1. The van der Waals surface area contributed by atoms with Crippen molar-refractivity contribution in [2.75, 3.05) is 41.1 Å². The Morgan fingerprint density at radius 3 is 1.92 bits per heavy atom. The number of ketones is 1. The molecule has 11 heteroatoms. The van der Waals surface area contributed by atoms with Crippen molar-refractivity contribution in [2.45, 2.75) is 19.8 Å². The van der Waals surface area contributed by atoms with Crippen LogP contribution in [0.1, 0.15) is 49.5 Å². The molecule has 0 aliphatic carbocycles. The molecule has 1 amide bonds. The minimum absolute atomic E-state index is 0.0142. The maximum absolute atomic E-state index is 12.2. The number of nitrogens with one attached hydrogen (secondary N) is 1. The van der Waals surface area contributed by atoms with E-state index in [1.165, 1.54) is 39.5 Å². The fourth-order valence-corrected chi connectivity index (χ4v) is 3.13. The maximum Gasteiger partial charge on any atom is 0.341 e. The van der Waals surface area contributed by atoms with Crippen molar-refractivity contribution in [3.63, 3.8) is 0 Å². The minimum Gasteiger partial charge on any atom is -0.485 e. The van der Waals surface area contributed by atoms with Crippen LogP contribution >= 0.6 is 0 Å². The van der Waals surface area contributed by atoms with E-state index in [-0.39, 0.29) is 53.5 Å². The molecule has 2 aromatic rings. The Bertz CT molecular complexity index is 1160. The van der Waals surface area contributed by atoms with Crippen molar-refractivity contribution in [3.8, 4) is 11.5 Å². The van der Waals surface area contributed by atoms with Gasteiger partial charge in [-0.05, 0) is 49.2 Å². The molecule has 1 N–H and O–H groups in total. The van der Waals surface area contributed by atoms with Crippen LogP contribution in [0.15, 0.2) is 36.4 Å². The van der Waals surface area contributed by atoms with Gasteiger partial charge in [0.1, 0.15) is 29.2 Å². The number of ether oxygens (including phenoxy) is 5. The molecule has 0 aliphatic heterocycles. The van der Waals surface area contributed by atoms with Gasteiger partial charge in [-0.15, -0.1) is 0 Å². The van der Waals surface area contributed by atoms with E-state index in [1.54, 1.807) is 18.2 Å². The number of benzene rings is 2. The number of carbonyl (C=O) groups is 5. The number of rotatable bonds is 13. The van der Waals surface area contributed by atoms with Gasteiger partial charge in [-0.2, -0.15) is 0 Å². The van der Waals surface area contributed by atoms with Crippen molar-refractivity contribution in [3.05, 3.63) is 58.7 Å². The average molecular weight is 516 g/mol. The van der Waals surface area contributed by atoms with Crippen LogP contribution in [0.5, 0.6) is 11.5 Å². The lowest BCUT2D eigenvalue weighted by molar-refractivity contribution is -0.124. The molecule has 0 aromatic heterocycles. The van der Waals surface area contributed by atoms with Crippen molar-refractivity contribution in [1.82, 2.24) is 5.32 Å². The zero-order valence-electron chi connectivity index (χ0n) is 21.1. The van der Waals surface area contributed by atoms with Crippen molar-refractivity contribution in [2.24, 2.45) is 0 Å². The molecule has 2 aromatic carbocycles. The average Bonchev–Trinajstić information content (AvgIpc) is 2.91. The van der Waals surface area contributed by atoms with Crippen LogP contribution in [-0.4, -0.2) is 70.7 Å². The van der Waals surface area contributed by atoms with Gasteiger partial charge in [-0.3, -0.25) is 9.59 Å².